The van der Waals surface area contributed by atoms with Crippen molar-refractivity contribution < 1.29 is 13.3 Å². The van der Waals surface area contributed by atoms with E-state index < -0.39 is 14.9 Å². The molecule has 25 heavy (non-hydrogen) atoms. The highest BCUT2D eigenvalue weighted by molar-refractivity contribution is 7.99. The number of aryl methyl sites for hydroxylation is 1. The maximum Gasteiger partial charge on any atom is 0.271 e. The number of sulfonamides is 1. The summed E-state index contributed by atoms with van der Waals surface area (Å²) in [6.07, 6.45) is 0.674. The number of benzene rings is 2. The first-order valence-electron chi connectivity index (χ1n) is 7.79. The van der Waals surface area contributed by atoms with E-state index in [0.717, 1.165) is 22.3 Å². The third kappa shape index (κ3) is 3.56. The molecule has 0 spiro atoms. The van der Waals surface area contributed by atoms with Crippen molar-refractivity contribution in [2.24, 2.45) is 0 Å². The molecule has 132 valence electrons. The Morgan fingerprint density at radius 1 is 1.24 bits per heavy atom. The number of nitrogens with one attached hydrogen (secondary N) is 1. The minimum absolute atomic E-state index is 0.0325. The molecule has 0 aliphatic carbocycles. The van der Waals surface area contributed by atoms with E-state index in [9.17, 15) is 18.5 Å². The molecule has 3 rings (SSSR count). The lowest BCUT2D eigenvalue weighted by Gasteiger charge is -2.26. The van der Waals surface area contributed by atoms with Crippen molar-refractivity contribution in [1.29, 1.82) is 0 Å². The Bertz CT molecular complexity index is 942. The van der Waals surface area contributed by atoms with Gasteiger partial charge >= 0.3 is 0 Å². The predicted molar refractivity (Wildman–Crippen MR) is 97.4 cm³/mol. The monoisotopic (exact) mass is 378 g/mol. The predicted octanol–water partition coefficient (Wildman–Crippen LogP) is 3.73. The molecule has 2 aromatic carbocycles. The summed E-state index contributed by atoms with van der Waals surface area (Å²) in [6.45, 7) is 3.34. The SMILES string of the molecule is Cc1cc([N+](=O)[O-])cc(S(=O)(=O)N[C@@H]2CCSc3ccccc32)c1C. The maximum atomic E-state index is 12.9. The van der Waals surface area contributed by atoms with Gasteiger partial charge in [0.25, 0.3) is 5.69 Å². The van der Waals surface area contributed by atoms with Crippen LogP contribution < -0.4 is 4.72 Å². The molecule has 0 saturated carbocycles. The van der Waals surface area contributed by atoms with Crippen LogP contribution in [0.2, 0.25) is 0 Å². The highest BCUT2D eigenvalue weighted by Crippen LogP contribution is 2.37. The molecule has 1 aliphatic rings. The number of fused-ring (bicyclic) bond motifs is 1. The molecule has 1 atom stereocenters. The quantitative estimate of drug-likeness (QED) is 0.647. The van der Waals surface area contributed by atoms with Crippen molar-refractivity contribution in [1.82, 2.24) is 4.72 Å². The van der Waals surface area contributed by atoms with Crippen LogP contribution in [0.5, 0.6) is 0 Å². The third-order valence-electron chi connectivity index (χ3n) is 4.36. The molecule has 0 saturated heterocycles. The Labute approximate surface area is 150 Å². The Kier molecular flexibility index (Phi) is 4.86. The van der Waals surface area contributed by atoms with E-state index in [0.29, 0.717) is 17.5 Å². The van der Waals surface area contributed by atoms with Crippen molar-refractivity contribution in [3.05, 3.63) is 63.2 Å². The highest BCUT2D eigenvalue weighted by Gasteiger charge is 2.28. The van der Waals surface area contributed by atoms with Gasteiger partial charge in [0.1, 0.15) is 0 Å². The third-order valence-corrected chi connectivity index (χ3v) is 7.08. The lowest BCUT2D eigenvalue weighted by Crippen LogP contribution is -2.31. The Balaban J connectivity index is 2.00. The van der Waals surface area contributed by atoms with Gasteiger partial charge in [0.15, 0.2) is 0 Å². The number of thioether (sulfide) groups is 1. The van der Waals surface area contributed by atoms with Crippen molar-refractivity contribution in [3.63, 3.8) is 0 Å². The topological polar surface area (TPSA) is 89.3 Å². The second-order valence-corrected chi connectivity index (χ2v) is 8.81. The molecule has 0 fully saturated rings. The summed E-state index contributed by atoms with van der Waals surface area (Å²) in [5.41, 5.74) is 1.83. The Hall–Kier alpha value is -1.90. The van der Waals surface area contributed by atoms with Crippen molar-refractivity contribution in [2.75, 3.05) is 5.75 Å². The zero-order chi connectivity index (χ0) is 18.2. The van der Waals surface area contributed by atoms with E-state index >= 15 is 0 Å². The van der Waals surface area contributed by atoms with Crippen molar-refractivity contribution in [2.45, 2.75) is 36.1 Å². The zero-order valence-corrected chi connectivity index (χ0v) is 15.5. The summed E-state index contributed by atoms with van der Waals surface area (Å²) in [4.78, 5) is 11.5. The Morgan fingerprint density at radius 3 is 2.68 bits per heavy atom. The summed E-state index contributed by atoms with van der Waals surface area (Å²) in [6, 6.07) is 9.89. The molecular formula is C17H18N2O4S2. The molecule has 0 bridgehead atoms. The van der Waals surface area contributed by atoms with Crippen LogP contribution in [0.3, 0.4) is 0 Å². The standard InChI is InChI=1S/C17H18N2O4S2/c1-11-9-13(19(20)21)10-17(12(11)2)25(22,23)18-15-7-8-24-16-6-4-3-5-14(15)16/h3-6,9-10,15,18H,7-8H2,1-2H3/t15-/m1/s1. The molecule has 1 heterocycles. The van der Waals surface area contributed by atoms with Gasteiger partial charge in [-0.2, -0.15) is 0 Å². The van der Waals surface area contributed by atoms with Gasteiger partial charge in [-0.15, -0.1) is 11.8 Å². The maximum absolute atomic E-state index is 12.9. The first-order valence-corrected chi connectivity index (χ1v) is 10.3. The second kappa shape index (κ2) is 6.78. The molecule has 1 N–H and O–H groups in total. The number of hydrogen-bond donors (Lipinski definition) is 1. The highest BCUT2D eigenvalue weighted by atomic mass is 32.2. The number of nitro benzene ring substituents is 1. The second-order valence-electron chi connectivity index (χ2n) is 5.99. The van der Waals surface area contributed by atoms with Crippen LogP contribution in [-0.4, -0.2) is 19.1 Å². The summed E-state index contributed by atoms with van der Waals surface area (Å²) in [5, 5.41) is 11.1. The van der Waals surface area contributed by atoms with Crippen LogP contribution in [-0.2, 0) is 10.0 Å². The molecule has 8 heteroatoms. The van der Waals surface area contributed by atoms with E-state index in [1.807, 2.05) is 24.3 Å². The molecule has 0 amide bonds. The fourth-order valence-corrected chi connectivity index (χ4v) is 5.62. The van der Waals surface area contributed by atoms with Gasteiger partial charge in [-0.1, -0.05) is 18.2 Å². The lowest BCUT2D eigenvalue weighted by atomic mass is 10.1. The lowest BCUT2D eigenvalue weighted by molar-refractivity contribution is -0.385. The molecule has 6 nitrogen and oxygen atoms in total. The van der Waals surface area contributed by atoms with Crippen molar-refractivity contribution >= 4 is 27.5 Å². The van der Waals surface area contributed by atoms with Crippen LogP contribution in [0.25, 0.3) is 0 Å². The molecular weight excluding hydrogens is 360 g/mol. The molecule has 0 aromatic heterocycles. The van der Waals surface area contributed by atoms with Crippen LogP contribution >= 0.6 is 11.8 Å². The van der Waals surface area contributed by atoms with E-state index in [-0.39, 0.29) is 16.6 Å². The smallest absolute Gasteiger partial charge is 0.258 e. The molecule has 0 radical (unpaired) electrons. The summed E-state index contributed by atoms with van der Waals surface area (Å²) >= 11 is 1.70. The van der Waals surface area contributed by atoms with E-state index in [1.165, 1.54) is 6.07 Å². The largest absolute Gasteiger partial charge is 0.271 e. The summed E-state index contributed by atoms with van der Waals surface area (Å²) in [5.74, 6) is 0.817. The fraction of sp³-hybridized carbons (Fsp3) is 0.294. The van der Waals surface area contributed by atoms with Crippen LogP contribution in [0.1, 0.15) is 29.2 Å². The number of nitrogens with zero attached hydrogens (tertiary/aromatic N) is 1. The normalized spacial score (nSPS) is 17.1. The van der Waals surface area contributed by atoms with Gasteiger partial charge in [-0.05, 0) is 48.8 Å². The van der Waals surface area contributed by atoms with E-state index in [1.54, 1.807) is 25.6 Å². The minimum atomic E-state index is -3.88. The zero-order valence-electron chi connectivity index (χ0n) is 13.9. The van der Waals surface area contributed by atoms with E-state index in [2.05, 4.69) is 4.72 Å². The van der Waals surface area contributed by atoms with Crippen LogP contribution in [0.4, 0.5) is 5.69 Å². The van der Waals surface area contributed by atoms with Gasteiger partial charge in [-0.3, -0.25) is 10.1 Å². The van der Waals surface area contributed by atoms with Gasteiger partial charge in [0.2, 0.25) is 10.0 Å². The molecule has 2 aromatic rings. The number of hydrogen-bond acceptors (Lipinski definition) is 5. The summed E-state index contributed by atoms with van der Waals surface area (Å²) < 4.78 is 28.6. The van der Waals surface area contributed by atoms with Gasteiger partial charge in [-0.25, -0.2) is 13.1 Å². The average Bonchev–Trinajstić information content (AvgIpc) is 2.57. The summed E-state index contributed by atoms with van der Waals surface area (Å²) in [7, 11) is -3.88. The number of non-ortho nitro benzene ring substituents is 1. The van der Waals surface area contributed by atoms with Crippen LogP contribution in [0.15, 0.2) is 46.2 Å². The number of rotatable bonds is 4. The Morgan fingerprint density at radius 2 is 1.96 bits per heavy atom. The van der Waals surface area contributed by atoms with Gasteiger partial charge in [0, 0.05) is 23.1 Å². The van der Waals surface area contributed by atoms with E-state index in [4.69, 9.17) is 0 Å². The number of nitro groups is 1. The fourth-order valence-electron chi connectivity index (χ4n) is 2.91. The molecule has 1 aliphatic heterocycles. The minimum Gasteiger partial charge on any atom is -0.258 e. The first-order chi connectivity index (χ1) is 11.8. The van der Waals surface area contributed by atoms with Crippen molar-refractivity contribution in [3.8, 4) is 0 Å². The van der Waals surface area contributed by atoms with Gasteiger partial charge in [0.05, 0.1) is 9.82 Å². The first kappa shape index (κ1) is 17.9. The molecule has 0 unspecified atom stereocenters. The van der Waals surface area contributed by atoms with Gasteiger partial charge < -0.3 is 0 Å². The van der Waals surface area contributed by atoms with Crippen LogP contribution in [0, 0.1) is 24.0 Å². The average molecular weight is 378 g/mol.